The van der Waals surface area contributed by atoms with Gasteiger partial charge in [-0.25, -0.2) is 0 Å². The summed E-state index contributed by atoms with van der Waals surface area (Å²) in [6, 6.07) is 52.3. The predicted octanol–water partition coefficient (Wildman–Crippen LogP) is 6.63. The molecule has 1 N–H and O–H groups in total. The van der Waals surface area contributed by atoms with E-state index in [1.54, 1.807) is 11.3 Å². The molecule has 0 atom stereocenters. The number of benzene rings is 6. The van der Waals surface area contributed by atoms with Gasteiger partial charge in [-0.05, 0) is 0 Å². The van der Waals surface area contributed by atoms with Crippen LogP contribution in [0.3, 0.4) is 0 Å². The third-order valence-corrected chi connectivity index (χ3v) is 15.5. The zero-order valence-electron chi connectivity index (χ0n) is 22.2. The van der Waals surface area contributed by atoms with E-state index in [4.69, 9.17) is 0 Å². The molecule has 6 aromatic carbocycles. The Kier molecular flexibility index (Phi) is 6.70. The number of fused-ring (bicyclic) bond motifs is 3. The van der Waals surface area contributed by atoms with E-state index in [2.05, 4.69) is 30.3 Å². The Morgan fingerprint density at radius 2 is 0.902 bits per heavy atom. The molecule has 0 fully saturated rings. The minimum absolute atomic E-state index is 0.811. The Morgan fingerprint density at radius 1 is 0.463 bits per heavy atom. The summed E-state index contributed by atoms with van der Waals surface area (Å²) in [6.45, 7) is 0. The zero-order valence-corrected chi connectivity index (χ0v) is 24.9. The Hall–Kier alpha value is -3.84. The van der Waals surface area contributed by atoms with Gasteiger partial charge in [-0.2, -0.15) is 0 Å². The second-order valence-electron chi connectivity index (χ2n) is 10.2. The van der Waals surface area contributed by atoms with Crippen molar-refractivity contribution in [3.8, 4) is 0 Å². The molecule has 7 aromatic rings. The van der Waals surface area contributed by atoms with Crippen molar-refractivity contribution in [2.75, 3.05) is 0 Å². The van der Waals surface area contributed by atoms with Crippen LogP contribution in [0.25, 0.3) is 20.2 Å². The molecule has 0 amide bonds. The van der Waals surface area contributed by atoms with Crippen LogP contribution in [0.2, 0.25) is 0 Å². The number of thiophene rings is 1. The van der Waals surface area contributed by atoms with Gasteiger partial charge in [0.05, 0.1) is 0 Å². The summed E-state index contributed by atoms with van der Waals surface area (Å²) in [5.74, 6) is 0. The predicted molar refractivity (Wildman–Crippen MR) is 181 cm³/mol. The van der Waals surface area contributed by atoms with E-state index in [9.17, 15) is 4.89 Å². The molecule has 0 unspecified atom stereocenters. The SMILES string of the molecule is O=P(c1ccccc1)(c1ccccc1)c1ccc2sc3ccc([PH](O)(c4ccccc4)c4ccccc4)cc3c2c1. The molecule has 0 saturated heterocycles. The summed E-state index contributed by atoms with van der Waals surface area (Å²) in [4.78, 5) is 12.6. The summed E-state index contributed by atoms with van der Waals surface area (Å²) in [5, 5.41) is 7.42. The molecular formula is C36H28O2P2S. The van der Waals surface area contributed by atoms with Crippen LogP contribution < -0.4 is 31.8 Å². The number of hydrogen-bond acceptors (Lipinski definition) is 3. The standard InChI is InChI=1S/C36H28O2P2S/c37-39(27-13-5-1-6-14-27,28-15-7-2-8-16-28)31-21-23-35-33(25-31)34-26-32(22-24-36(34)41-35)40(38,29-17-9-3-10-18-29)30-19-11-4-12-20-30/h1-26,37,39H. The number of rotatable bonds is 6. The van der Waals surface area contributed by atoms with E-state index in [0.29, 0.717) is 0 Å². The maximum atomic E-state index is 15.1. The fraction of sp³-hybridized carbons (Fsp3) is 0. The molecule has 41 heavy (non-hydrogen) atoms. The van der Waals surface area contributed by atoms with Gasteiger partial charge in [-0.3, -0.25) is 0 Å². The van der Waals surface area contributed by atoms with Crippen LogP contribution >= 0.6 is 26.0 Å². The van der Waals surface area contributed by atoms with Gasteiger partial charge in [0.15, 0.2) is 0 Å². The van der Waals surface area contributed by atoms with Crippen molar-refractivity contribution in [1.29, 1.82) is 0 Å². The second-order valence-corrected chi connectivity index (χ2v) is 17.2. The minimum atomic E-state index is -3.26. The van der Waals surface area contributed by atoms with Crippen LogP contribution in [-0.2, 0) is 4.57 Å². The average molecular weight is 587 g/mol. The van der Waals surface area contributed by atoms with Gasteiger partial charge >= 0.3 is 245 Å². The van der Waals surface area contributed by atoms with Crippen LogP contribution in [0.15, 0.2) is 158 Å². The van der Waals surface area contributed by atoms with Crippen molar-refractivity contribution in [2.24, 2.45) is 0 Å². The molecule has 200 valence electrons. The van der Waals surface area contributed by atoms with Crippen molar-refractivity contribution in [3.05, 3.63) is 158 Å². The molecule has 0 radical (unpaired) electrons. The summed E-state index contributed by atoms with van der Waals surface area (Å²) in [7, 11) is -6.37. The monoisotopic (exact) mass is 586 g/mol. The van der Waals surface area contributed by atoms with E-state index in [1.807, 2.05) is 127 Å². The van der Waals surface area contributed by atoms with Crippen molar-refractivity contribution in [2.45, 2.75) is 0 Å². The third kappa shape index (κ3) is 4.38. The van der Waals surface area contributed by atoms with Gasteiger partial charge in [0.2, 0.25) is 0 Å². The van der Waals surface area contributed by atoms with Crippen molar-refractivity contribution in [1.82, 2.24) is 0 Å². The first-order valence-corrected chi connectivity index (χ1v) is 18.1. The first-order chi connectivity index (χ1) is 20.1. The molecular weight excluding hydrogens is 558 g/mol. The van der Waals surface area contributed by atoms with Crippen LogP contribution in [-0.4, -0.2) is 4.89 Å². The van der Waals surface area contributed by atoms with Crippen molar-refractivity contribution >= 4 is 78.0 Å². The molecule has 7 rings (SSSR count). The Balaban J connectivity index is 1.46. The first kappa shape index (κ1) is 26.1. The molecule has 5 heteroatoms. The van der Waals surface area contributed by atoms with Gasteiger partial charge < -0.3 is 0 Å². The Morgan fingerprint density at radius 3 is 1.41 bits per heavy atom. The van der Waals surface area contributed by atoms with E-state index in [-0.39, 0.29) is 0 Å². The molecule has 0 aliphatic rings. The fourth-order valence-electron chi connectivity index (χ4n) is 5.77. The molecule has 2 nitrogen and oxygen atoms in total. The Labute approximate surface area is 244 Å². The van der Waals surface area contributed by atoms with Gasteiger partial charge in [0.1, 0.15) is 0 Å². The van der Waals surface area contributed by atoms with Crippen LogP contribution in [0, 0.1) is 0 Å². The van der Waals surface area contributed by atoms with Crippen LogP contribution in [0.5, 0.6) is 0 Å². The number of hydrogen-bond donors (Lipinski definition) is 1. The topological polar surface area (TPSA) is 37.3 Å². The van der Waals surface area contributed by atoms with E-state index in [1.165, 1.54) is 0 Å². The molecule has 1 heterocycles. The summed E-state index contributed by atoms with van der Waals surface area (Å²) < 4.78 is 17.4. The Bertz CT molecular complexity index is 1940. The zero-order chi connectivity index (χ0) is 27.9. The summed E-state index contributed by atoms with van der Waals surface area (Å²) in [6.07, 6.45) is 0. The van der Waals surface area contributed by atoms with E-state index in [0.717, 1.165) is 52.0 Å². The van der Waals surface area contributed by atoms with E-state index >= 15 is 4.57 Å². The first-order valence-electron chi connectivity index (χ1n) is 13.6. The molecule has 0 aliphatic carbocycles. The summed E-state index contributed by atoms with van der Waals surface area (Å²) >= 11 is 1.73. The molecule has 0 aliphatic heterocycles. The van der Waals surface area contributed by atoms with Gasteiger partial charge in [-0.15, -0.1) is 0 Å². The molecule has 1 aromatic heterocycles. The van der Waals surface area contributed by atoms with Crippen molar-refractivity contribution < 1.29 is 9.46 Å². The van der Waals surface area contributed by atoms with Crippen LogP contribution in [0.4, 0.5) is 0 Å². The normalized spacial score (nSPS) is 12.5. The van der Waals surface area contributed by atoms with Crippen molar-refractivity contribution in [3.63, 3.8) is 0 Å². The van der Waals surface area contributed by atoms with Gasteiger partial charge in [0.25, 0.3) is 0 Å². The summed E-state index contributed by atoms with van der Waals surface area (Å²) in [5.41, 5.74) is 0. The second kappa shape index (κ2) is 10.5. The maximum absolute atomic E-state index is 15.1. The molecule has 0 spiro atoms. The third-order valence-electron chi connectivity index (χ3n) is 7.86. The average Bonchev–Trinajstić information content (AvgIpc) is 3.43. The quantitative estimate of drug-likeness (QED) is 0.222. The van der Waals surface area contributed by atoms with Gasteiger partial charge in [0, 0.05) is 0 Å². The molecule has 0 saturated carbocycles. The van der Waals surface area contributed by atoms with Gasteiger partial charge in [-0.1, -0.05) is 0 Å². The fourth-order valence-corrected chi connectivity index (χ4v) is 12.5. The van der Waals surface area contributed by atoms with Crippen LogP contribution in [0.1, 0.15) is 0 Å². The van der Waals surface area contributed by atoms with E-state index < -0.39 is 14.6 Å². The molecule has 0 bridgehead atoms.